The molecular weight excluding hydrogens is 340 g/mol. The van der Waals surface area contributed by atoms with E-state index in [1.165, 1.54) is 17.0 Å². The number of anilines is 1. The Bertz CT molecular complexity index is 876. The lowest BCUT2D eigenvalue weighted by Crippen LogP contribution is -2.27. The van der Waals surface area contributed by atoms with Crippen molar-refractivity contribution in [3.63, 3.8) is 0 Å². The van der Waals surface area contributed by atoms with Crippen molar-refractivity contribution in [3.05, 3.63) is 53.6 Å². The van der Waals surface area contributed by atoms with E-state index in [0.29, 0.717) is 17.0 Å². The van der Waals surface area contributed by atoms with E-state index in [-0.39, 0.29) is 17.4 Å². The van der Waals surface area contributed by atoms with Gasteiger partial charge in [-0.3, -0.25) is 9.52 Å². The zero-order valence-corrected chi connectivity index (χ0v) is 15.6. The second-order valence-corrected chi connectivity index (χ2v) is 7.61. The summed E-state index contributed by atoms with van der Waals surface area (Å²) in [6.45, 7) is 3.48. The number of hydrogen-bond donors (Lipinski definition) is 1. The number of benzene rings is 2. The lowest BCUT2D eigenvalue weighted by Gasteiger charge is -2.14. The predicted molar refractivity (Wildman–Crippen MR) is 97.4 cm³/mol. The minimum Gasteiger partial charge on any atom is -0.483 e. The van der Waals surface area contributed by atoms with Crippen LogP contribution in [0.4, 0.5) is 5.69 Å². The van der Waals surface area contributed by atoms with Crippen molar-refractivity contribution in [1.29, 1.82) is 0 Å². The maximum atomic E-state index is 12.6. The summed E-state index contributed by atoms with van der Waals surface area (Å²) < 4.78 is 33.2. The second-order valence-electron chi connectivity index (χ2n) is 5.92. The summed E-state index contributed by atoms with van der Waals surface area (Å²) in [6, 6.07) is 11.7. The molecule has 0 saturated heterocycles. The average molecular weight is 362 g/mol. The van der Waals surface area contributed by atoms with Gasteiger partial charge in [0.05, 0.1) is 10.6 Å². The van der Waals surface area contributed by atoms with Gasteiger partial charge in [0.1, 0.15) is 5.75 Å². The van der Waals surface area contributed by atoms with Crippen molar-refractivity contribution in [3.8, 4) is 5.75 Å². The number of aryl methyl sites for hydroxylation is 2. The monoisotopic (exact) mass is 362 g/mol. The Balaban J connectivity index is 2.18. The molecule has 7 heteroatoms. The lowest BCUT2D eigenvalue weighted by atomic mass is 10.2. The maximum Gasteiger partial charge on any atom is 0.261 e. The van der Waals surface area contributed by atoms with Crippen LogP contribution in [0.25, 0.3) is 0 Å². The van der Waals surface area contributed by atoms with Crippen molar-refractivity contribution in [2.75, 3.05) is 25.4 Å². The number of sulfonamides is 1. The molecule has 0 saturated carbocycles. The highest BCUT2D eigenvalue weighted by molar-refractivity contribution is 7.92. The van der Waals surface area contributed by atoms with E-state index in [0.717, 1.165) is 5.56 Å². The molecule has 0 fully saturated rings. The van der Waals surface area contributed by atoms with Crippen molar-refractivity contribution in [2.24, 2.45) is 0 Å². The third-order valence-electron chi connectivity index (χ3n) is 3.70. The summed E-state index contributed by atoms with van der Waals surface area (Å²) >= 11 is 0. The summed E-state index contributed by atoms with van der Waals surface area (Å²) in [5.74, 6) is 0.308. The number of carbonyl (C=O) groups is 1. The standard InChI is InChI=1S/C18H22N2O4S/c1-13-7-5-6-8-16(13)19-25(22,23)15-9-10-17(14(2)11-15)24-12-18(21)20(3)4/h5-11,19H,12H2,1-4H3. The summed E-state index contributed by atoms with van der Waals surface area (Å²) in [5.41, 5.74) is 2.02. The average Bonchev–Trinajstić information content (AvgIpc) is 2.55. The van der Waals surface area contributed by atoms with Crippen LogP contribution in [0.15, 0.2) is 47.4 Å². The number of likely N-dealkylation sites (N-methyl/N-ethyl adjacent to an activating group) is 1. The van der Waals surface area contributed by atoms with Crippen LogP contribution < -0.4 is 9.46 Å². The minimum absolute atomic E-state index is 0.0958. The fourth-order valence-corrected chi connectivity index (χ4v) is 3.33. The van der Waals surface area contributed by atoms with E-state index >= 15 is 0 Å². The van der Waals surface area contributed by atoms with Gasteiger partial charge < -0.3 is 9.64 Å². The van der Waals surface area contributed by atoms with Gasteiger partial charge in [0, 0.05) is 14.1 Å². The number of carbonyl (C=O) groups excluding carboxylic acids is 1. The molecule has 0 atom stereocenters. The summed E-state index contributed by atoms with van der Waals surface area (Å²) in [7, 11) is -0.412. The number of para-hydroxylation sites is 1. The molecule has 0 aromatic heterocycles. The third kappa shape index (κ3) is 4.73. The fraction of sp³-hybridized carbons (Fsp3) is 0.278. The first-order valence-electron chi connectivity index (χ1n) is 7.73. The molecule has 0 radical (unpaired) electrons. The number of amides is 1. The van der Waals surface area contributed by atoms with Crippen LogP contribution in [0.3, 0.4) is 0 Å². The highest BCUT2D eigenvalue weighted by Gasteiger charge is 2.17. The minimum atomic E-state index is -3.70. The molecule has 0 unspecified atom stereocenters. The molecule has 1 N–H and O–H groups in total. The van der Waals surface area contributed by atoms with E-state index in [4.69, 9.17) is 4.74 Å². The first kappa shape index (κ1) is 18.8. The molecule has 0 aliphatic rings. The molecule has 6 nitrogen and oxygen atoms in total. The molecule has 2 rings (SSSR count). The zero-order chi connectivity index (χ0) is 18.6. The Kier molecular flexibility index (Phi) is 5.69. The Morgan fingerprint density at radius 1 is 1.08 bits per heavy atom. The second kappa shape index (κ2) is 7.57. The summed E-state index contributed by atoms with van der Waals surface area (Å²) in [4.78, 5) is 13.2. The van der Waals surface area contributed by atoms with Crippen molar-refractivity contribution >= 4 is 21.6 Å². The molecule has 134 valence electrons. The Morgan fingerprint density at radius 3 is 2.36 bits per heavy atom. The molecule has 0 spiro atoms. The zero-order valence-electron chi connectivity index (χ0n) is 14.7. The van der Waals surface area contributed by atoms with Gasteiger partial charge in [-0.1, -0.05) is 18.2 Å². The van der Waals surface area contributed by atoms with Crippen molar-refractivity contribution in [2.45, 2.75) is 18.7 Å². The molecule has 25 heavy (non-hydrogen) atoms. The van der Waals surface area contributed by atoms with E-state index in [9.17, 15) is 13.2 Å². The highest BCUT2D eigenvalue weighted by Crippen LogP contribution is 2.24. The SMILES string of the molecule is Cc1ccccc1NS(=O)(=O)c1ccc(OCC(=O)N(C)C)c(C)c1. The smallest absolute Gasteiger partial charge is 0.261 e. The molecule has 2 aromatic rings. The van der Waals surface area contributed by atoms with Gasteiger partial charge in [-0.2, -0.15) is 0 Å². The Labute approximate surface area is 148 Å². The topological polar surface area (TPSA) is 75.7 Å². The molecule has 2 aromatic carbocycles. The van der Waals surface area contributed by atoms with Crippen LogP contribution in [0.1, 0.15) is 11.1 Å². The van der Waals surface area contributed by atoms with Gasteiger partial charge in [-0.15, -0.1) is 0 Å². The largest absolute Gasteiger partial charge is 0.483 e. The van der Waals surface area contributed by atoms with Crippen LogP contribution in [-0.4, -0.2) is 39.9 Å². The Hall–Kier alpha value is -2.54. The third-order valence-corrected chi connectivity index (χ3v) is 5.06. The molecule has 0 aliphatic carbocycles. The number of nitrogens with zero attached hydrogens (tertiary/aromatic N) is 1. The fourth-order valence-electron chi connectivity index (χ4n) is 2.11. The van der Waals surface area contributed by atoms with Gasteiger partial charge in [-0.25, -0.2) is 8.42 Å². The van der Waals surface area contributed by atoms with Crippen LogP contribution in [-0.2, 0) is 14.8 Å². The lowest BCUT2D eigenvalue weighted by molar-refractivity contribution is -0.130. The van der Waals surface area contributed by atoms with Crippen LogP contribution in [0.5, 0.6) is 5.75 Å². The van der Waals surface area contributed by atoms with E-state index in [2.05, 4.69) is 4.72 Å². The maximum absolute atomic E-state index is 12.6. The molecule has 1 amide bonds. The number of ether oxygens (including phenoxy) is 1. The van der Waals surface area contributed by atoms with Gasteiger partial charge in [0.15, 0.2) is 6.61 Å². The van der Waals surface area contributed by atoms with E-state index < -0.39 is 10.0 Å². The first-order valence-corrected chi connectivity index (χ1v) is 9.21. The number of nitrogens with one attached hydrogen (secondary N) is 1. The number of hydrogen-bond acceptors (Lipinski definition) is 4. The highest BCUT2D eigenvalue weighted by atomic mass is 32.2. The van der Waals surface area contributed by atoms with Gasteiger partial charge >= 0.3 is 0 Å². The van der Waals surface area contributed by atoms with E-state index in [1.807, 2.05) is 19.1 Å². The van der Waals surface area contributed by atoms with Gasteiger partial charge in [-0.05, 0) is 49.2 Å². The van der Waals surface area contributed by atoms with Crippen LogP contribution in [0.2, 0.25) is 0 Å². The van der Waals surface area contributed by atoms with Gasteiger partial charge in [0.2, 0.25) is 0 Å². The van der Waals surface area contributed by atoms with Crippen LogP contribution >= 0.6 is 0 Å². The molecular formula is C18H22N2O4S. The van der Waals surface area contributed by atoms with Crippen molar-refractivity contribution in [1.82, 2.24) is 4.90 Å². The summed E-state index contributed by atoms with van der Waals surface area (Å²) in [6.07, 6.45) is 0. The summed E-state index contributed by atoms with van der Waals surface area (Å²) in [5, 5.41) is 0. The normalized spacial score (nSPS) is 11.0. The van der Waals surface area contributed by atoms with Crippen LogP contribution in [0, 0.1) is 13.8 Å². The number of rotatable bonds is 6. The molecule has 0 aliphatic heterocycles. The molecule has 0 bridgehead atoms. The van der Waals surface area contributed by atoms with E-state index in [1.54, 1.807) is 39.2 Å². The van der Waals surface area contributed by atoms with Crippen molar-refractivity contribution < 1.29 is 17.9 Å². The Morgan fingerprint density at radius 2 is 1.76 bits per heavy atom. The predicted octanol–water partition coefficient (Wildman–Crippen LogP) is 2.57. The molecule has 0 heterocycles. The first-order chi connectivity index (χ1) is 11.7. The van der Waals surface area contributed by atoms with Gasteiger partial charge in [0.25, 0.3) is 15.9 Å². The quantitative estimate of drug-likeness (QED) is 0.857.